The lowest BCUT2D eigenvalue weighted by Crippen LogP contribution is -2.42. The Balaban J connectivity index is 1.41. The van der Waals surface area contributed by atoms with Crippen LogP contribution in [0.2, 0.25) is 0 Å². The Labute approximate surface area is 154 Å². The molecular formula is C20H19N3O4. The molecule has 2 aromatic carbocycles. The molecule has 1 unspecified atom stereocenters. The van der Waals surface area contributed by atoms with Gasteiger partial charge in [-0.2, -0.15) is 0 Å². The number of H-pyrrole nitrogens is 1. The highest BCUT2D eigenvalue weighted by Gasteiger charge is 2.25. The highest BCUT2D eigenvalue weighted by molar-refractivity contribution is 5.81. The molecule has 1 amide bonds. The fourth-order valence-electron chi connectivity index (χ4n) is 3.32. The maximum Gasteiger partial charge on any atom is 0.273 e. The number of nitrogens with one attached hydrogen (secondary N) is 2. The Morgan fingerprint density at radius 1 is 1.11 bits per heavy atom. The zero-order valence-electron chi connectivity index (χ0n) is 14.6. The van der Waals surface area contributed by atoms with E-state index < -0.39 is 6.10 Å². The number of hydrogen-bond donors (Lipinski definition) is 2. The van der Waals surface area contributed by atoms with E-state index >= 15 is 0 Å². The Bertz CT molecular complexity index is 1120. The second-order valence-electron chi connectivity index (χ2n) is 6.49. The Morgan fingerprint density at radius 2 is 1.85 bits per heavy atom. The molecule has 7 nitrogen and oxygen atoms in total. The van der Waals surface area contributed by atoms with Gasteiger partial charge < -0.3 is 10.1 Å². The van der Waals surface area contributed by atoms with Crippen LogP contribution in [0.5, 0.6) is 5.75 Å². The molecule has 27 heavy (non-hydrogen) atoms. The molecule has 0 bridgehead atoms. The number of aryl methyl sites for hydroxylation is 1. The van der Waals surface area contributed by atoms with Gasteiger partial charge in [0.2, 0.25) is 0 Å². The molecule has 1 aliphatic rings. The molecule has 1 atom stereocenters. The molecular weight excluding hydrogens is 346 g/mol. The van der Waals surface area contributed by atoms with Crippen molar-refractivity contribution in [3.05, 3.63) is 74.8 Å². The summed E-state index contributed by atoms with van der Waals surface area (Å²) in [5, 5.41) is 6.05. The minimum Gasteiger partial charge on any atom is -0.480 e. The fraction of sp³-hybridized carbons (Fsp3) is 0.250. The molecule has 4 rings (SSSR count). The summed E-state index contributed by atoms with van der Waals surface area (Å²) in [6.45, 7) is 0.391. The summed E-state index contributed by atoms with van der Waals surface area (Å²) in [5.41, 5.74) is 0.480. The number of carbonyl (C=O) groups is 1. The van der Waals surface area contributed by atoms with Crippen molar-refractivity contribution in [1.82, 2.24) is 15.1 Å². The van der Waals surface area contributed by atoms with Gasteiger partial charge in [-0.25, -0.2) is 4.68 Å². The van der Waals surface area contributed by atoms with Gasteiger partial charge in [-0.1, -0.05) is 30.3 Å². The lowest BCUT2D eigenvalue weighted by atomic mass is 10.0. The van der Waals surface area contributed by atoms with Crippen molar-refractivity contribution in [3.8, 4) is 5.75 Å². The van der Waals surface area contributed by atoms with E-state index in [1.807, 2.05) is 24.3 Å². The van der Waals surface area contributed by atoms with Gasteiger partial charge in [0.15, 0.2) is 6.10 Å². The third-order valence-corrected chi connectivity index (χ3v) is 4.73. The summed E-state index contributed by atoms with van der Waals surface area (Å²) in [5.74, 6) is 0.514. The average molecular weight is 365 g/mol. The van der Waals surface area contributed by atoms with E-state index in [0.29, 0.717) is 17.2 Å². The molecule has 1 aliphatic heterocycles. The number of ether oxygens (including phenoxy) is 1. The number of rotatable bonds is 4. The number of para-hydroxylation sites is 1. The lowest BCUT2D eigenvalue weighted by molar-refractivity contribution is -0.128. The van der Waals surface area contributed by atoms with Crippen LogP contribution in [0.15, 0.2) is 58.1 Å². The Morgan fingerprint density at radius 3 is 2.70 bits per heavy atom. The first-order valence-electron chi connectivity index (χ1n) is 8.87. The lowest BCUT2D eigenvalue weighted by Gasteiger charge is -2.25. The predicted octanol–water partition coefficient (Wildman–Crippen LogP) is 1.20. The fourth-order valence-corrected chi connectivity index (χ4v) is 3.32. The average Bonchev–Trinajstić information content (AvgIpc) is 2.71. The summed E-state index contributed by atoms with van der Waals surface area (Å²) in [6.07, 6.45) is 0.841. The van der Waals surface area contributed by atoms with Crippen molar-refractivity contribution >= 4 is 16.7 Å². The normalized spacial score (nSPS) is 15.8. The SMILES string of the molecule is O=C(NCCn1[nH]c(=O)c2ccccc2c1=O)C1CCc2ccccc2O1. The molecule has 3 aromatic rings. The van der Waals surface area contributed by atoms with Crippen molar-refractivity contribution in [1.29, 1.82) is 0 Å². The first-order valence-corrected chi connectivity index (χ1v) is 8.87. The predicted molar refractivity (Wildman–Crippen MR) is 101 cm³/mol. The summed E-state index contributed by atoms with van der Waals surface area (Å²) in [4.78, 5) is 36.9. The smallest absolute Gasteiger partial charge is 0.273 e. The molecule has 1 aromatic heterocycles. The number of nitrogens with zero attached hydrogens (tertiary/aromatic N) is 1. The number of hydrogen-bond acceptors (Lipinski definition) is 4. The summed E-state index contributed by atoms with van der Waals surface area (Å²) >= 11 is 0. The minimum absolute atomic E-state index is 0.175. The standard InChI is InChI=1S/C20H19N3O4/c24-18-14-6-2-3-7-15(14)20(26)23(22-18)12-11-21-19(25)17-10-9-13-5-1-4-8-16(13)27-17/h1-8,17H,9-12H2,(H,21,25)(H,22,24). The number of aromatic nitrogens is 2. The third kappa shape index (κ3) is 3.36. The van der Waals surface area contributed by atoms with Crippen LogP contribution >= 0.6 is 0 Å². The number of fused-ring (bicyclic) bond motifs is 2. The molecule has 0 spiro atoms. The molecule has 0 aliphatic carbocycles. The van der Waals surface area contributed by atoms with Crippen molar-refractivity contribution in [2.75, 3.05) is 6.54 Å². The molecule has 0 saturated carbocycles. The van der Waals surface area contributed by atoms with Gasteiger partial charge >= 0.3 is 0 Å². The van der Waals surface area contributed by atoms with E-state index in [1.165, 1.54) is 4.68 Å². The first-order chi connectivity index (χ1) is 13.1. The summed E-state index contributed by atoms with van der Waals surface area (Å²) in [6, 6.07) is 14.3. The zero-order valence-corrected chi connectivity index (χ0v) is 14.6. The maximum absolute atomic E-state index is 12.5. The van der Waals surface area contributed by atoms with Crippen LogP contribution < -0.4 is 21.2 Å². The summed E-state index contributed by atoms with van der Waals surface area (Å²) in [7, 11) is 0. The van der Waals surface area contributed by atoms with E-state index in [0.717, 1.165) is 17.7 Å². The molecule has 0 radical (unpaired) electrons. The molecule has 2 heterocycles. The van der Waals surface area contributed by atoms with Crippen LogP contribution in [-0.2, 0) is 17.8 Å². The van der Waals surface area contributed by atoms with Gasteiger partial charge in [0, 0.05) is 6.54 Å². The van der Waals surface area contributed by atoms with E-state index in [1.54, 1.807) is 24.3 Å². The number of aromatic amines is 1. The monoisotopic (exact) mass is 365 g/mol. The number of amides is 1. The first kappa shape index (κ1) is 17.1. The van der Waals surface area contributed by atoms with Gasteiger partial charge in [-0.05, 0) is 36.6 Å². The second kappa shape index (κ2) is 7.11. The number of carbonyl (C=O) groups excluding carboxylic acids is 1. The molecule has 7 heteroatoms. The van der Waals surface area contributed by atoms with E-state index in [4.69, 9.17) is 4.74 Å². The van der Waals surface area contributed by atoms with Crippen LogP contribution in [-0.4, -0.2) is 28.3 Å². The highest BCUT2D eigenvalue weighted by Crippen LogP contribution is 2.26. The van der Waals surface area contributed by atoms with Crippen LogP contribution in [0.25, 0.3) is 10.8 Å². The quantitative estimate of drug-likeness (QED) is 0.727. The third-order valence-electron chi connectivity index (χ3n) is 4.73. The van der Waals surface area contributed by atoms with Crippen molar-refractivity contribution in [2.45, 2.75) is 25.5 Å². The van der Waals surface area contributed by atoms with Crippen molar-refractivity contribution in [2.24, 2.45) is 0 Å². The second-order valence-corrected chi connectivity index (χ2v) is 6.49. The molecule has 2 N–H and O–H groups in total. The maximum atomic E-state index is 12.5. The topological polar surface area (TPSA) is 93.2 Å². The van der Waals surface area contributed by atoms with Crippen LogP contribution in [0.4, 0.5) is 0 Å². The van der Waals surface area contributed by atoms with Gasteiger partial charge in [0.25, 0.3) is 17.0 Å². The van der Waals surface area contributed by atoms with Crippen LogP contribution in [0.1, 0.15) is 12.0 Å². The minimum atomic E-state index is -0.549. The van der Waals surface area contributed by atoms with Gasteiger partial charge in [-0.3, -0.25) is 19.5 Å². The Kier molecular flexibility index (Phi) is 4.50. The summed E-state index contributed by atoms with van der Waals surface area (Å²) < 4.78 is 6.98. The van der Waals surface area contributed by atoms with Gasteiger partial charge in [-0.15, -0.1) is 0 Å². The molecule has 138 valence electrons. The van der Waals surface area contributed by atoms with E-state index in [-0.39, 0.29) is 30.1 Å². The van der Waals surface area contributed by atoms with Crippen molar-refractivity contribution < 1.29 is 9.53 Å². The number of benzene rings is 2. The largest absolute Gasteiger partial charge is 0.480 e. The van der Waals surface area contributed by atoms with E-state index in [9.17, 15) is 14.4 Å². The molecule has 0 fully saturated rings. The van der Waals surface area contributed by atoms with E-state index in [2.05, 4.69) is 10.4 Å². The van der Waals surface area contributed by atoms with Gasteiger partial charge in [0.05, 0.1) is 17.3 Å². The Hall–Kier alpha value is -3.35. The zero-order chi connectivity index (χ0) is 18.8. The van der Waals surface area contributed by atoms with Crippen LogP contribution in [0.3, 0.4) is 0 Å². The van der Waals surface area contributed by atoms with Crippen molar-refractivity contribution in [3.63, 3.8) is 0 Å². The molecule has 0 saturated heterocycles. The van der Waals surface area contributed by atoms with Crippen LogP contribution in [0, 0.1) is 0 Å². The van der Waals surface area contributed by atoms with Gasteiger partial charge in [0.1, 0.15) is 5.75 Å². The highest BCUT2D eigenvalue weighted by atomic mass is 16.5.